The molecule has 2 aromatic carbocycles. The van der Waals surface area contributed by atoms with Crippen LogP contribution in [0, 0.1) is 0 Å². The summed E-state index contributed by atoms with van der Waals surface area (Å²) in [4.78, 5) is 7.01. The van der Waals surface area contributed by atoms with E-state index >= 15 is 0 Å². The zero-order chi connectivity index (χ0) is 20.1. The van der Waals surface area contributed by atoms with Crippen LogP contribution in [0.25, 0.3) is 10.9 Å². The number of morpholine rings is 1. The number of nitrogens with one attached hydrogen (secondary N) is 1. The molecule has 152 valence electrons. The molecule has 1 saturated heterocycles. The number of benzene rings is 2. The second kappa shape index (κ2) is 9.44. The maximum atomic E-state index is 6.66. The minimum absolute atomic E-state index is 0.552. The quantitative estimate of drug-likeness (QED) is 0.469. The van der Waals surface area contributed by atoms with Crippen LogP contribution in [0.1, 0.15) is 11.1 Å². The lowest BCUT2D eigenvalue weighted by atomic mass is 10.1. The van der Waals surface area contributed by atoms with E-state index in [1.165, 1.54) is 5.56 Å². The number of halogens is 1. The highest BCUT2D eigenvalue weighted by atomic mass is 35.5. The van der Waals surface area contributed by atoms with Crippen molar-refractivity contribution in [3.63, 3.8) is 0 Å². The van der Waals surface area contributed by atoms with Crippen molar-refractivity contribution in [3.05, 3.63) is 64.8 Å². The number of aromatic nitrogens is 1. The molecule has 4 rings (SSSR count). The Balaban J connectivity index is 1.62. The zero-order valence-electron chi connectivity index (χ0n) is 16.7. The van der Waals surface area contributed by atoms with Crippen LogP contribution in [-0.2, 0) is 17.7 Å². The molecule has 3 aromatic rings. The molecule has 0 atom stereocenters. The number of rotatable bonds is 7. The van der Waals surface area contributed by atoms with Crippen molar-refractivity contribution in [2.24, 2.45) is 0 Å². The van der Waals surface area contributed by atoms with Gasteiger partial charge in [-0.15, -0.1) is 0 Å². The van der Waals surface area contributed by atoms with E-state index in [9.17, 15) is 0 Å². The second-order valence-corrected chi connectivity index (χ2v) is 7.48. The lowest BCUT2D eigenvalue weighted by Crippen LogP contribution is -2.37. The molecular weight excluding hydrogens is 386 g/mol. The van der Waals surface area contributed by atoms with Gasteiger partial charge in [0.2, 0.25) is 0 Å². The predicted molar refractivity (Wildman–Crippen MR) is 118 cm³/mol. The lowest BCUT2D eigenvalue weighted by molar-refractivity contribution is 0.122. The number of anilines is 1. The van der Waals surface area contributed by atoms with Gasteiger partial charge in [-0.05, 0) is 36.7 Å². The van der Waals surface area contributed by atoms with Gasteiger partial charge in [-0.2, -0.15) is 0 Å². The summed E-state index contributed by atoms with van der Waals surface area (Å²) in [6, 6.07) is 16.4. The third kappa shape index (κ3) is 4.64. The molecule has 0 saturated carbocycles. The maximum Gasteiger partial charge on any atom is 0.136 e. The molecule has 29 heavy (non-hydrogen) atoms. The molecule has 0 bridgehead atoms. The third-order valence-corrected chi connectivity index (χ3v) is 5.59. The molecule has 5 nitrogen and oxygen atoms in total. The van der Waals surface area contributed by atoms with Gasteiger partial charge < -0.3 is 19.7 Å². The highest BCUT2D eigenvalue weighted by Gasteiger charge is 2.21. The Kier molecular flexibility index (Phi) is 6.49. The number of ether oxygens (including phenoxy) is 2. The summed E-state index contributed by atoms with van der Waals surface area (Å²) in [5.41, 5.74) is 4.36. The first-order valence-corrected chi connectivity index (χ1v) is 10.4. The van der Waals surface area contributed by atoms with Gasteiger partial charge >= 0.3 is 0 Å². The summed E-state index contributed by atoms with van der Waals surface area (Å²) in [7, 11) is 1.69. The van der Waals surface area contributed by atoms with Crippen molar-refractivity contribution < 1.29 is 9.47 Å². The molecule has 1 aliphatic rings. The first kappa shape index (κ1) is 20.0. The van der Waals surface area contributed by atoms with Gasteiger partial charge in [0.15, 0.2) is 0 Å². The molecule has 1 fully saturated rings. The van der Waals surface area contributed by atoms with E-state index in [2.05, 4.69) is 45.5 Å². The Morgan fingerprint density at radius 1 is 1.14 bits per heavy atom. The SMILES string of the molecule is COc1ccc2nc(Cl)c(CNCCc3ccccc3)c(N3CCOCC3)c2c1. The van der Waals surface area contributed by atoms with Crippen LogP contribution in [0.5, 0.6) is 5.75 Å². The van der Waals surface area contributed by atoms with E-state index in [4.69, 9.17) is 21.1 Å². The van der Waals surface area contributed by atoms with Crippen LogP contribution >= 0.6 is 11.6 Å². The number of hydrogen-bond acceptors (Lipinski definition) is 5. The molecule has 2 heterocycles. The predicted octanol–water partition coefficient (Wildman–Crippen LogP) is 4.07. The average molecular weight is 412 g/mol. The van der Waals surface area contributed by atoms with Crippen LogP contribution in [0.4, 0.5) is 5.69 Å². The summed E-state index contributed by atoms with van der Waals surface area (Å²) >= 11 is 6.66. The van der Waals surface area contributed by atoms with E-state index in [1.54, 1.807) is 7.11 Å². The normalized spacial score (nSPS) is 14.3. The fourth-order valence-electron chi connectivity index (χ4n) is 3.76. The number of fused-ring (bicyclic) bond motifs is 1. The summed E-state index contributed by atoms with van der Waals surface area (Å²) in [5.74, 6) is 0.819. The molecular formula is C23H26ClN3O2. The summed E-state index contributed by atoms with van der Waals surface area (Å²) < 4.78 is 11.0. The van der Waals surface area contributed by atoms with Crippen molar-refractivity contribution in [2.45, 2.75) is 13.0 Å². The van der Waals surface area contributed by atoms with E-state index < -0.39 is 0 Å². The van der Waals surface area contributed by atoms with E-state index in [0.717, 1.165) is 54.0 Å². The van der Waals surface area contributed by atoms with Gasteiger partial charge in [0, 0.05) is 30.6 Å². The van der Waals surface area contributed by atoms with Crippen LogP contribution < -0.4 is 15.0 Å². The Bertz CT molecular complexity index is 959. The lowest BCUT2D eigenvalue weighted by Gasteiger charge is -2.32. The van der Waals surface area contributed by atoms with Gasteiger partial charge in [-0.1, -0.05) is 41.9 Å². The molecule has 0 amide bonds. The van der Waals surface area contributed by atoms with Gasteiger partial charge in [0.25, 0.3) is 0 Å². The Morgan fingerprint density at radius 3 is 2.69 bits per heavy atom. The van der Waals surface area contributed by atoms with Crippen LogP contribution in [0.3, 0.4) is 0 Å². The second-order valence-electron chi connectivity index (χ2n) is 7.12. The summed E-state index contributed by atoms with van der Waals surface area (Å²) in [6.07, 6.45) is 0.972. The topological polar surface area (TPSA) is 46.6 Å². The van der Waals surface area contributed by atoms with Crippen LogP contribution in [-0.4, -0.2) is 44.9 Å². The molecule has 1 aromatic heterocycles. The van der Waals surface area contributed by atoms with E-state index in [-0.39, 0.29) is 0 Å². The maximum absolute atomic E-state index is 6.66. The number of hydrogen-bond donors (Lipinski definition) is 1. The van der Waals surface area contributed by atoms with Gasteiger partial charge in [-0.25, -0.2) is 4.98 Å². The molecule has 0 unspecified atom stereocenters. The van der Waals surface area contributed by atoms with Crippen molar-refractivity contribution in [1.29, 1.82) is 0 Å². The Labute approximate surface area is 176 Å². The fourth-order valence-corrected chi connectivity index (χ4v) is 4.01. The molecule has 1 aliphatic heterocycles. The Hall–Kier alpha value is -2.34. The highest BCUT2D eigenvalue weighted by Crippen LogP contribution is 2.36. The van der Waals surface area contributed by atoms with Crippen molar-refractivity contribution in [2.75, 3.05) is 44.9 Å². The van der Waals surface area contributed by atoms with Crippen LogP contribution in [0.2, 0.25) is 5.15 Å². The number of nitrogens with zero attached hydrogens (tertiary/aromatic N) is 2. The smallest absolute Gasteiger partial charge is 0.136 e. The molecule has 0 spiro atoms. The third-order valence-electron chi connectivity index (χ3n) is 5.27. The summed E-state index contributed by atoms with van der Waals surface area (Å²) in [5, 5.41) is 5.17. The van der Waals surface area contributed by atoms with Crippen molar-refractivity contribution >= 4 is 28.2 Å². The molecule has 0 radical (unpaired) electrons. The average Bonchev–Trinajstić information content (AvgIpc) is 2.77. The van der Waals surface area contributed by atoms with E-state index in [0.29, 0.717) is 24.9 Å². The van der Waals surface area contributed by atoms with Crippen molar-refractivity contribution in [3.8, 4) is 5.75 Å². The molecule has 6 heteroatoms. The minimum Gasteiger partial charge on any atom is -0.497 e. The zero-order valence-corrected chi connectivity index (χ0v) is 17.4. The number of pyridine rings is 1. The first-order chi connectivity index (χ1) is 14.3. The van der Waals surface area contributed by atoms with Gasteiger partial charge in [0.1, 0.15) is 10.9 Å². The van der Waals surface area contributed by atoms with Gasteiger partial charge in [0.05, 0.1) is 31.5 Å². The molecule has 1 N–H and O–H groups in total. The monoisotopic (exact) mass is 411 g/mol. The number of methoxy groups -OCH3 is 1. The first-order valence-electron chi connectivity index (χ1n) is 9.99. The summed E-state index contributed by atoms with van der Waals surface area (Å²) in [6.45, 7) is 4.64. The molecule has 0 aliphatic carbocycles. The standard InChI is InChI=1S/C23H26ClN3O2/c1-28-18-7-8-21-19(15-18)22(27-11-13-29-14-12-27)20(23(24)26-21)16-25-10-9-17-5-3-2-4-6-17/h2-8,15,25H,9-14,16H2,1H3. The fraction of sp³-hybridized carbons (Fsp3) is 0.348. The Morgan fingerprint density at radius 2 is 1.93 bits per heavy atom. The van der Waals surface area contributed by atoms with Crippen LogP contribution in [0.15, 0.2) is 48.5 Å². The van der Waals surface area contributed by atoms with Crippen molar-refractivity contribution in [1.82, 2.24) is 10.3 Å². The largest absolute Gasteiger partial charge is 0.497 e. The minimum atomic E-state index is 0.552. The van der Waals surface area contributed by atoms with Gasteiger partial charge in [-0.3, -0.25) is 0 Å². The highest BCUT2D eigenvalue weighted by molar-refractivity contribution is 6.31. The van der Waals surface area contributed by atoms with E-state index in [1.807, 2.05) is 18.2 Å².